The van der Waals surface area contributed by atoms with Crippen LogP contribution in [-0.4, -0.2) is 10.7 Å². The van der Waals surface area contributed by atoms with Crippen LogP contribution in [0.4, 0.5) is 17.1 Å². The highest BCUT2D eigenvalue weighted by atomic mass is 16.5. The van der Waals surface area contributed by atoms with Crippen LogP contribution in [0.15, 0.2) is 121 Å². The summed E-state index contributed by atoms with van der Waals surface area (Å²) in [6.45, 7) is 0. The lowest BCUT2D eigenvalue weighted by Gasteiger charge is -2.29. The highest BCUT2D eigenvalue weighted by molar-refractivity contribution is 6.15. The van der Waals surface area contributed by atoms with E-state index in [1.807, 2.05) is 0 Å². The first-order valence-electron chi connectivity index (χ1n) is 14.2. The van der Waals surface area contributed by atoms with Crippen molar-refractivity contribution in [3.63, 3.8) is 0 Å². The minimum Gasteiger partial charge on any atom is -0.485 e. The maximum Gasteiger partial charge on any atom is 0.154 e. The fraction of sp³-hybridized carbons (Fsp3) is 0.0811. The molecular weight excluding hydrogens is 504 g/mol. The van der Waals surface area contributed by atoms with Gasteiger partial charge in [-0.05, 0) is 59.7 Å². The quantitative estimate of drug-likeness (QED) is 0.229. The van der Waals surface area contributed by atoms with Crippen molar-refractivity contribution >= 4 is 38.9 Å². The van der Waals surface area contributed by atoms with E-state index >= 15 is 0 Å². The van der Waals surface area contributed by atoms with E-state index in [1.165, 1.54) is 38.7 Å². The average molecular weight is 529 g/mol. The summed E-state index contributed by atoms with van der Waals surface area (Å²) in [4.78, 5) is 2.34. The number of hydrogen-bond acceptors (Lipinski definition) is 3. The van der Waals surface area contributed by atoms with Crippen molar-refractivity contribution in [3.05, 3.63) is 138 Å². The predicted octanol–water partition coefficient (Wildman–Crippen LogP) is 9.23. The van der Waals surface area contributed by atoms with Crippen molar-refractivity contribution in [1.82, 2.24) is 4.57 Å². The molecule has 0 bridgehead atoms. The molecule has 0 N–H and O–H groups in total. The fourth-order valence-corrected chi connectivity index (χ4v) is 7.35. The Kier molecular flexibility index (Phi) is 4.05. The van der Waals surface area contributed by atoms with E-state index in [9.17, 15) is 0 Å². The smallest absolute Gasteiger partial charge is 0.154 e. The number of hydrogen-bond donors (Lipinski definition) is 0. The molecule has 4 aliphatic rings. The Morgan fingerprint density at radius 1 is 0.634 bits per heavy atom. The van der Waals surface area contributed by atoms with Gasteiger partial charge in [-0.15, -0.1) is 0 Å². The van der Waals surface area contributed by atoms with E-state index in [1.54, 1.807) is 0 Å². The zero-order valence-corrected chi connectivity index (χ0v) is 22.1. The molecule has 6 aromatic rings. The number of ether oxygens (including phenoxy) is 2. The van der Waals surface area contributed by atoms with Crippen molar-refractivity contribution in [2.45, 2.75) is 18.4 Å². The van der Waals surface area contributed by atoms with E-state index < -0.39 is 0 Å². The number of benzene rings is 5. The summed E-state index contributed by atoms with van der Waals surface area (Å²) in [5.41, 5.74) is 10.8. The Bertz CT molecular complexity index is 2150. The first-order chi connectivity index (χ1) is 20.3. The van der Waals surface area contributed by atoms with Gasteiger partial charge in [0.15, 0.2) is 11.5 Å². The first-order valence-corrected chi connectivity index (χ1v) is 14.2. The van der Waals surface area contributed by atoms with Crippen molar-refractivity contribution in [2.24, 2.45) is 0 Å². The second-order valence-corrected chi connectivity index (χ2v) is 11.3. The third kappa shape index (κ3) is 2.84. The number of nitrogens with zero attached hydrogens (tertiary/aromatic N) is 2. The minimum atomic E-state index is 0.0596. The Labute approximate surface area is 237 Å². The van der Waals surface area contributed by atoms with Crippen LogP contribution in [0.3, 0.4) is 0 Å². The van der Waals surface area contributed by atoms with Crippen LogP contribution < -0.4 is 14.4 Å². The molecule has 0 spiro atoms. The summed E-state index contributed by atoms with van der Waals surface area (Å²) >= 11 is 0. The molecule has 1 aromatic heterocycles. The number of anilines is 3. The standard InChI is InChI=1S/C37H24N2O2/c1-2-10-24(11-3-1)38(25-16-17-32-29(19-25)27-12-4-5-14-31(27)40-32)26-20-30-28-13-6-8-22-18-23-9-7-15-33-36(23)39(35(22)28)37(30)34(21-26)41-33/h1-17,19-21,27,31H,18H2. The summed E-state index contributed by atoms with van der Waals surface area (Å²) < 4.78 is 15.4. The summed E-state index contributed by atoms with van der Waals surface area (Å²) in [7, 11) is 0. The number of aromatic nitrogens is 1. The molecule has 41 heavy (non-hydrogen) atoms. The molecule has 2 unspecified atom stereocenters. The Hall–Kier alpha value is -5.22. The van der Waals surface area contributed by atoms with Crippen LogP contribution in [0.5, 0.6) is 17.2 Å². The topological polar surface area (TPSA) is 26.6 Å². The monoisotopic (exact) mass is 528 g/mol. The molecule has 4 heterocycles. The molecule has 0 amide bonds. The van der Waals surface area contributed by atoms with Gasteiger partial charge >= 0.3 is 0 Å². The molecule has 3 aliphatic heterocycles. The average Bonchev–Trinajstić information content (AvgIpc) is 3.55. The van der Waals surface area contributed by atoms with Crippen LogP contribution in [0.25, 0.3) is 27.5 Å². The molecule has 0 fully saturated rings. The Morgan fingerprint density at radius 3 is 2.46 bits per heavy atom. The summed E-state index contributed by atoms with van der Waals surface area (Å²) in [5, 5.41) is 2.48. The molecule has 194 valence electrons. The van der Waals surface area contributed by atoms with Crippen LogP contribution in [0.2, 0.25) is 0 Å². The van der Waals surface area contributed by atoms with Gasteiger partial charge in [0.1, 0.15) is 11.9 Å². The second-order valence-electron chi connectivity index (χ2n) is 11.3. The molecule has 0 radical (unpaired) electrons. The lowest BCUT2D eigenvalue weighted by atomic mass is 9.91. The minimum absolute atomic E-state index is 0.0596. The normalized spacial score (nSPS) is 18.3. The van der Waals surface area contributed by atoms with Crippen molar-refractivity contribution in [1.29, 1.82) is 0 Å². The largest absolute Gasteiger partial charge is 0.485 e. The lowest BCUT2D eigenvalue weighted by molar-refractivity contribution is 0.269. The maximum atomic E-state index is 6.71. The molecule has 2 atom stereocenters. The van der Waals surface area contributed by atoms with Crippen LogP contribution in [0.1, 0.15) is 22.6 Å². The van der Waals surface area contributed by atoms with Gasteiger partial charge in [0, 0.05) is 46.1 Å². The molecule has 5 aromatic carbocycles. The summed E-state index contributed by atoms with van der Waals surface area (Å²) in [5.74, 6) is 2.99. The molecule has 1 aliphatic carbocycles. The van der Waals surface area contributed by atoms with Gasteiger partial charge in [0.05, 0.1) is 22.4 Å². The van der Waals surface area contributed by atoms with Crippen LogP contribution >= 0.6 is 0 Å². The van der Waals surface area contributed by atoms with Crippen molar-refractivity contribution in [3.8, 4) is 22.9 Å². The second kappa shape index (κ2) is 7.70. The number of para-hydroxylation sites is 3. The van der Waals surface area contributed by atoms with Crippen LogP contribution in [0, 0.1) is 0 Å². The van der Waals surface area contributed by atoms with Gasteiger partial charge in [-0.1, -0.05) is 66.8 Å². The van der Waals surface area contributed by atoms with Crippen LogP contribution in [-0.2, 0) is 6.42 Å². The van der Waals surface area contributed by atoms with Crippen molar-refractivity contribution < 1.29 is 9.47 Å². The maximum absolute atomic E-state index is 6.71. The molecule has 0 saturated carbocycles. The van der Waals surface area contributed by atoms with Crippen molar-refractivity contribution in [2.75, 3.05) is 4.90 Å². The lowest BCUT2D eigenvalue weighted by Crippen LogP contribution is -2.15. The zero-order valence-electron chi connectivity index (χ0n) is 22.1. The van der Waals surface area contributed by atoms with Gasteiger partial charge < -0.3 is 18.9 Å². The number of rotatable bonds is 3. The molecular formula is C37H24N2O2. The Balaban J connectivity index is 1.24. The summed E-state index contributed by atoms with van der Waals surface area (Å²) in [6.07, 6.45) is 9.57. The first kappa shape index (κ1) is 21.6. The predicted molar refractivity (Wildman–Crippen MR) is 164 cm³/mol. The van der Waals surface area contributed by atoms with E-state index in [4.69, 9.17) is 9.47 Å². The van der Waals surface area contributed by atoms with Gasteiger partial charge in [0.25, 0.3) is 0 Å². The van der Waals surface area contributed by atoms with Gasteiger partial charge in [-0.25, -0.2) is 0 Å². The Morgan fingerprint density at radius 2 is 1.51 bits per heavy atom. The van der Waals surface area contributed by atoms with Gasteiger partial charge in [-0.3, -0.25) is 0 Å². The van der Waals surface area contributed by atoms with E-state index in [0.717, 1.165) is 46.2 Å². The zero-order chi connectivity index (χ0) is 26.7. The van der Waals surface area contributed by atoms with E-state index in [0.29, 0.717) is 0 Å². The van der Waals surface area contributed by atoms with Gasteiger partial charge in [0.2, 0.25) is 0 Å². The SMILES string of the molecule is C1=CC2Oc3ccc(N(c4ccccc4)c4cc5c6c(c4)c4cccc7c4n6-c4c(cccc4O5)C7)cc3C2C=C1. The highest BCUT2D eigenvalue weighted by Gasteiger charge is 2.34. The molecule has 10 rings (SSSR count). The molecule has 4 heteroatoms. The van der Waals surface area contributed by atoms with E-state index in [-0.39, 0.29) is 12.0 Å². The van der Waals surface area contributed by atoms with E-state index in [2.05, 4.69) is 131 Å². The third-order valence-electron chi connectivity index (χ3n) is 9.05. The summed E-state index contributed by atoms with van der Waals surface area (Å²) in [6, 6.07) is 34.9. The third-order valence-corrected chi connectivity index (χ3v) is 9.05. The van der Waals surface area contributed by atoms with Gasteiger partial charge in [-0.2, -0.15) is 0 Å². The fourth-order valence-electron chi connectivity index (χ4n) is 7.35. The molecule has 0 saturated heterocycles. The highest BCUT2D eigenvalue weighted by Crippen LogP contribution is 2.52. The number of fused-ring (bicyclic) bond motifs is 4. The number of allylic oxidation sites excluding steroid dienone is 2. The molecule has 4 nitrogen and oxygen atoms in total.